The molecular formula is C17H19N3O. The number of benzene rings is 1. The number of nitriles is 1. The van der Waals surface area contributed by atoms with E-state index in [1.165, 1.54) is 11.1 Å². The third-order valence-electron chi connectivity index (χ3n) is 3.39. The van der Waals surface area contributed by atoms with Crippen LogP contribution >= 0.6 is 0 Å². The molecule has 0 fully saturated rings. The zero-order valence-corrected chi connectivity index (χ0v) is 12.3. The summed E-state index contributed by atoms with van der Waals surface area (Å²) in [6, 6.07) is 14.3. The SMILES string of the molecule is CC(NC(C)c1ccc(OCC#N)cc1)c1ccncc1. The summed E-state index contributed by atoms with van der Waals surface area (Å²) < 4.78 is 5.25. The number of aromatic nitrogens is 1. The van der Waals surface area contributed by atoms with Gasteiger partial charge in [-0.25, -0.2) is 0 Å². The lowest BCUT2D eigenvalue weighted by molar-refractivity contribution is 0.368. The third kappa shape index (κ3) is 4.30. The van der Waals surface area contributed by atoms with Crippen LogP contribution in [0.3, 0.4) is 0 Å². The lowest BCUT2D eigenvalue weighted by Crippen LogP contribution is -2.22. The number of nitrogens with one attached hydrogen (secondary N) is 1. The molecule has 1 N–H and O–H groups in total. The maximum absolute atomic E-state index is 8.49. The van der Waals surface area contributed by atoms with E-state index < -0.39 is 0 Å². The Bertz CT molecular complexity index is 590. The molecule has 0 aliphatic carbocycles. The van der Waals surface area contributed by atoms with E-state index >= 15 is 0 Å². The Balaban J connectivity index is 1.97. The molecular weight excluding hydrogens is 262 g/mol. The summed E-state index contributed by atoms with van der Waals surface area (Å²) in [5.41, 5.74) is 2.39. The van der Waals surface area contributed by atoms with Gasteiger partial charge in [0.2, 0.25) is 0 Å². The lowest BCUT2D eigenvalue weighted by Gasteiger charge is -2.20. The number of ether oxygens (including phenoxy) is 1. The molecule has 2 aromatic rings. The third-order valence-corrected chi connectivity index (χ3v) is 3.39. The fourth-order valence-electron chi connectivity index (χ4n) is 2.19. The molecule has 0 spiro atoms. The maximum atomic E-state index is 8.49. The van der Waals surface area contributed by atoms with Crippen molar-refractivity contribution in [2.75, 3.05) is 6.61 Å². The summed E-state index contributed by atoms with van der Waals surface area (Å²) in [6.07, 6.45) is 3.61. The van der Waals surface area contributed by atoms with Crippen LogP contribution in [0.1, 0.15) is 37.1 Å². The van der Waals surface area contributed by atoms with Crippen LogP contribution in [0, 0.1) is 11.3 Å². The average Bonchev–Trinajstić information content (AvgIpc) is 2.54. The van der Waals surface area contributed by atoms with Gasteiger partial charge in [0.05, 0.1) is 0 Å². The first-order valence-electron chi connectivity index (χ1n) is 6.96. The topological polar surface area (TPSA) is 57.9 Å². The highest BCUT2D eigenvalue weighted by Gasteiger charge is 2.11. The Morgan fingerprint density at radius 2 is 1.62 bits per heavy atom. The van der Waals surface area contributed by atoms with Crippen molar-refractivity contribution >= 4 is 0 Å². The molecule has 4 nitrogen and oxygen atoms in total. The van der Waals surface area contributed by atoms with Crippen LogP contribution in [0.15, 0.2) is 48.8 Å². The van der Waals surface area contributed by atoms with E-state index in [2.05, 4.69) is 24.1 Å². The first-order chi connectivity index (χ1) is 10.2. The molecule has 0 saturated heterocycles. The highest BCUT2D eigenvalue weighted by molar-refractivity contribution is 5.29. The summed E-state index contributed by atoms with van der Waals surface area (Å²) in [4.78, 5) is 4.03. The van der Waals surface area contributed by atoms with Crippen molar-refractivity contribution < 1.29 is 4.74 Å². The minimum atomic E-state index is 0.0756. The van der Waals surface area contributed by atoms with Crippen LogP contribution in [-0.4, -0.2) is 11.6 Å². The molecule has 0 bridgehead atoms. The minimum Gasteiger partial charge on any atom is -0.479 e. The van der Waals surface area contributed by atoms with Crippen molar-refractivity contribution in [3.8, 4) is 11.8 Å². The molecule has 1 aromatic carbocycles. The standard InChI is InChI=1S/C17H19N3O/c1-13(20-14(2)16-7-10-19-11-8-16)15-3-5-17(6-4-15)21-12-9-18/h3-8,10-11,13-14,20H,12H2,1-2H3. The van der Waals surface area contributed by atoms with Gasteiger partial charge >= 0.3 is 0 Å². The van der Waals surface area contributed by atoms with Crippen LogP contribution in [-0.2, 0) is 0 Å². The molecule has 2 unspecified atom stereocenters. The van der Waals surface area contributed by atoms with Crippen LogP contribution < -0.4 is 10.1 Å². The van der Waals surface area contributed by atoms with Gasteiger partial charge in [0.1, 0.15) is 11.8 Å². The molecule has 21 heavy (non-hydrogen) atoms. The minimum absolute atomic E-state index is 0.0756. The van der Waals surface area contributed by atoms with E-state index in [1.807, 2.05) is 42.5 Å². The Morgan fingerprint density at radius 1 is 1.05 bits per heavy atom. The van der Waals surface area contributed by atoms with E-state index in [0.29, 0.717) is 0 Å². The van der Waals surface area contributed by atoms with E-state index in [-0.39, 0.29) is 18.7 Å². The predicted octanol–water partition coefficient (Wildman–Crippen LogP) is 3.40. The molecule has 0 radical (unpaired) electrons. The van der Waals surface area contributed by atoms with E-state index in [9.17, 15) is 0 Å². The van der Waals surface area contributed by atoms with Gasteiger partial charge in [0, 0.05) is 24.5 Å². The van der Waals surface area contributed by atoms with Crippen LogP contribution in [0.4, 0.5) is 0 Å². The summed E-state index contributed by atoms with van der Waals surface area (Å²) in [7, 11) is 0. The van der Waals surface area contributed by atoms with Gasteiger partial charge in [0.15, 0.2) is 6.61 Å². The van der Waals surface area contributed by atoms with Crippen molar-refractivity contribution in [1.29, 1.82) is 5.26 Å². The van der Waals surface area contributed by atoms with Gasteiger partial charge < -0.3 is 10.1 Å². The molecule has 1 aromatic heterocycles. The highest BCUT2D eigenvalue weighted by atomic mass is 16.5. The maximum Gasteiger partial charge on any atom is 0.174 e. The van der Waals surface area contributed by atoms with Gasteiger partial charge in [-0.3, -0.25) is 4.98 Å². The normalized spacial score (nSPS) is 13.2. The number of nitrogens with zero attached hydrogens (tertiary/aromatic N) is 2. The first kappa shape index (κ1) is 15.0. The second-order valence-corrected chi connectivity index (χ2v) is 4.91. The van der Waals surface area contributed by atoms with Crippen molar-refractivity contribution in [1.82, 2.24) is 10.3 Å². The number of pyridine rings is 1. The monoisotopic (exact) mass is 281 g/mol. The molecule has 0 saturated carbocycles. The molecule has 0 aliphatic rings. The predicted molar refractivity (Wildman–Crippen MR) is 81.8 cm³/mol. The quantitative estimate of drug-likeness (QED) is 0.881. The van der Waals surface area contributed by atoms with Crippen LogP contribution in [0.2, 0.25) is 0 Å². The van der Waals surface area contributed by atoms with Gasteiger partial charge in [0.25, 0.3) is 0 Å². The number of rotatable bonds is 6. The van der Waals surface area contributed by atoms with Crippen molar-refractivity contribution in [3.63, 3.8) is 0 Å². The highest BCUT2D eigenvalue weighted by Crippen LogP contribution is 2.21. The number of hydrogen-bond donors (Lipinski definition) is 1. The zero-order valence-electron chi connectivity index (χ0n) is 12.3. The fourth-order valence-corrected chi connectivity index (χ4v) is 2.19. The Morgan fingerprint density at radius 3 is 2.19 bits per heavy atom. The van der Waals surface area contributed by atoms with Gasteiger partial charge in [-0.2, -0.15) is 5.26 Å². The molecule has 108 valence electrons. The first-order valence-corrected chi connectivity index (χ1v) is 6.96. The fraction of sp³-hybridized carbons (Fsp3) is 0.294. The largest absolute Gasteiger partial charge is 0.479 e. The Kier molecular flexibility index (Phi) is 5.30. The Labute approximate surface area is 125 Å². The zero-order chi connectivity index (χ0) is 15.1. The molecule has 2 atom stereocenters. The van der Waals surface area contributed by atoms with E-state index in [1.54, 1.807) is 12.4 Å². The molecule has 4 heteroatoms. The second kappa shape index (κ2) is 7.41. The average molecular weight is 281 g/mol. The van der Waals surface area contributed by atoms with Crippen molar-refractivity contribution in [2.24, 2.45) is 0 Å². The molecule has 0 aliphatic heterocycles. The van der Waals surface area contributed by atoms with Gasteiger partial charge in [-0.05, 0) is 49.2 Å². The summed E-state index contributed by atoms with van der Waals surface area (Å²) in [6.45, 7) is 4.34. The van der Waals surface area contributed by atoms with Gasteiger partial charge in [-0.15, -0.1) is 0 Å². The molecule has 2 rings (SSSR count). The van der Waals surface area contributed by atoms with Crippen LogP contribution in [0.5, 0.6) is 5.75 Å². The van der Waals surface area contributed by atoms with Crippen molar-refractivity contribution in [3.05, 3.63) is 59.9 Å². The van der Waals surface area contributed by atoms with Crippen LogP contribution in [0.25, 0.3) is 0 Å². The summed E-state index contributed by atoms with van der Waals surface area (Å²) in [5.74, 6) is 0.717. The summed E-state index contributed by atoms with van der Waals surface area (Å²) >= 11 is 0. The second-order valence-electron chi connectivity index (χ2n) is 4.91. The van der Waals surface area contributed by atoms with E-state index in [4.69, 9.17) is 10.00 Å². The molecule has 1 heterocycles. The van der Waals surface area contributed by atoms with Gasteiger partial charge in [-0.1, -0.05) is 12.1 Å². The Hall–Kier alpha value is -2.38. The van der Waals surface area contributed by atoms with Crippen molar-refractivity contribution in [2.45, 2.75) is 25.9 Å². The molecule has 0 amide bonds. The summed E-state index contributed by atoms with van der Waals surface area (Å²) in [5, 5.41) is 12.0. The lowest BCUT2D eigenvalue weighted by atomic mass is 10.0. The van der Waals surface area contributed by atoms with E-state index in [0.717, 1.165) is 5.75 Å². The smallest absolute Gasteiger partial charge is 0.174 e. The number of hydrogen-bond acceptors (Lipinski definition) is 4.